The molecular formula is C15H23BrN2. The van der Waals surface area contributed by atoms with E-state index in [2.05, 4.69) is 44.9 Å². The molecule has 1 aliphatic heterocycles. The fourth-order valence-electron chi connectivity index (χ4n) is 2.77. The molecule has 1 unspecified atom stereocenters. The molecule has 3 heteroatoms. The maximum absolute atomic E-state index is 4.58. The zero-order chi connectivity index (χ0) is 12.8. The van der Waals surface area contributed by atoms with Crippen molar-refractivity contribution in [3.8, 4) is 0 Å². The van der Waals surface area contributed by atoms with Crippen LogP contribution in [0.25, 0.3) is 0 Å². The van der Waals surface area contributed by atoms with Crippen molar-refractivity contribution in [3.05, 3.63) is 23.9 Å². The monoisotopic (exact) mass is 310 g/mol. The van der Waals surface area contributed by atoms with Crippen molar-refractivity contribution in [2.75, 3.05) is 18.0 Å². The normalized spacial score (nSPS) is 20.8. The Balaban J connectivity index is 1.96. The number of aromatic nitrogens is 1. The lowest BCUT2D eigenvalue weighted by Crippen LogP contribution is -2.25. The van der Waals surface area contributed by atoms with Gasteiger partial charge in [0.15, 0.2) is 0 Å². The molecule has 0 bridgehead atoms. The van der Waals surface area contributed by atoms with E-state index in [0.29, 0.717) is 0 Å². The average Bonchev–Trinajstić information content (AvgIpc) is 2.65. The molecule has 2 nitrogen and oxygen atoms in total. The van der Waals surface area contributed by atoms with Gasteiger partial charge in [0.25, 0.3) is 0 Å². The highest BCUT2D eigenvalue weighted by atomic mass is 79.9. The Morgan fingerprint density at radius 1 is 1.33 bits per heavy atom. The maximum Gasteiger partial charge on any atom is 0.128 e. The fraction of sp³-hybridized carbons (Fsp3) is 0.667. The van der Waals surface area contributed by atoms with Crippen LogP contribution in [0, 0.1) is 5.92 Å². The second-order valence-corrected chi connectivity index (χ2v) is 5.79. The summed E-state index contributed by atoms with van der Waals surface area (Å²) in [6.45, 7) is 4.63. The topological polar surface area (TPSA) is 16.1 Å². The third kappa shape index (κ3) is 3.71. The first-order chi connectivity index (χ1) is 8.83. The van der Waals surface area contributed by atoms with E-state index in [1.165, 1.54) is 50.8 Å². The number of alkyl halides is 1. The Morgan fingerprint density at radius 2 is 2.22 bits per heavy atom. The van der Waals surface area contributed by atoms with Crippen LogP contribution in [0.15, 0.2) is 18.3 Å². The number of halogens is 1. The van der Waals surface area contributed by atoms with Crippen LogP contribution in [-0.2, 0) is 5.33 Å². The van der Waals surface area contributed by atoms with Crippen LogP contribution in [0.1, 0.15) is 44.6 Å². The smallest absolute Gasteiger partial charge is 0.128 e. The van der Waals surface area contributed by atoms with E-state index in [-0.39, 0.29) is 0 Å². The molecule has 0 aromatic carbocycles. The van der Waals surface area contributed by atoms with Crippen LogP contribution < -0.4 is 4.90 Å². The predicted molar refractivity (Wildman–Crippen MR) is 81.3 cm³/mol. The minimum atomic E-state index is 0.888. The van der Waals surface area contributed by atoms with Crippen LogP contribution >= 0.6 is 15.9 Å². The van der Waals surface area contributed by atoms with Gasteiger partial charge in [-0.3, -0.25) is 0 Å². The maximum atomic E-state index is 4.58. The molecular weight excluding hydrogens is 288 g/mol. The molecule has 1 fully saturated rings. The van der Waals surface area contributed by atoms with Gasteiger partial charge in [-0.05, 0) is 36.8 Å². The van der Waals surface area contributed by atoms with E-state index in [9.17, 15) is 0 Å². The zero-order valence-corrected chi connectivity index (χ0v) is 12.8. The van der Waals surface area contributed by atoms with E-state index >= 15 is 0 Å². The minimum absolute atomic E-state index is 0.888. The highest BCUT2D eigenvalue weighted by molar-refractivity contribution is 9.08. The third-order valence-electron chi connectivity index (χ3n) is 3.83. The molecule has 1 aromatic rings. The lowest BCUT2D eigenvalue weighted by atomic mass is 9.96. The average molecular weight is 311 g/mol. The number of rotatable bonds is 4. The van der Waals surface area contributed by atoms with E-state index in [4.69, 9.17) is 0 Å². The Bertz CT molecular complexity index is 350. The van der Waals surface area contributed by atoms with Gasteiger partial charge in [-0.1, -0.05) is 41.8 Å². The molecule has 2 rings (SSSR count). The summed E-state index contributed by atoms with van der Waals surface area (Å²) in [6, 6.07) is 4.34. The summed E-state index contributed by atoms with van der Waals surface area (Å²) in [5, 5.41) is 0.888. The van der Waals surface area contributed by atoms with Crippen LogP contribution in [-0.4, -0.2) is 18.1 Å². The number of nitrogens with zero attached hydrogens (tertiary/aromatic N) is 2. The van der Waals surface area contributed by atoms with Crippen molar-refractivity contribution in [1.29, 1.82) is 0 Å². The highest BCUT2D eigenvalue weighted by Crippen LogP contribution is 2.24. The summed E-state index contributed by atoms with van der Waals surface area (Å²) in [6.07, 6.45) is 8.73. The molecule has 0 amide bonds. The van der Waals surface area contributed by atoms with Crippen molar-refractivity contribution in [3.63, 3.8) is 0 Å². The van der Waals surface area contributed by atoms with Crippen LogP contribution in [0.3, 0.4) is 0 Å². The molecule has 0 N–H and O–H groups in total. The van der Waals surface area contributed by atoms with Gasteiger partial charge in [-0.25, -0.2) is 4.98 Å². The molecule has 1 aromatic heterocycles. The van der Waals surface area contributed by atoms with E-state index in [1.807, 2.05) is 6.20 Å². The Labute approximate surface area is 119 Å². The van der Waals surface area contributed by atoms with Gasteiger partial charge in [0.05, 0.1) is 0 Å². The van der Waals surface area contributed by atoms with Crippen molar-refractivity contribution < 1.29 is 0 Å². The van der Waals surface area contributed by atoms with Crippen LogP contribution in [0.5, 0.6) is 0 Å². The standard InChI is InChI=1S/C15H23BrN2/c1-2-4-13-5-3-9-18(10-8-13)15-7-6-14(11-16)12-17-15/h6-7,12-13H,2-5,8-11H2,1H3. The first-order valence-corrected chi connectivity index (χ1v) is 8.21. The first-order valence-electron chi connectivity index (χ1n) is 7.09. The first kappa shape index (κ1) is 13.9. The quantitative estimate of drug-likeness (QED) is 0.767. The summed E-state index contributed by atoms with van der Waals surface area (Å²) in [5.74, 6) is 2.08. The molecule has 1 aliphatic rings. The second kappa shape index (κ2) is 7.13. The number of anilines is 1. The second-order valence-electron chi connectivity index (χ2n) is 5.23. The molecule has 18 heavy (non-hydrogen) atoms. The number of hydrogen-bond acceptors (Lipinski definition) is 2. The van der Waals surface area contributed by atoms with E-state index in [1.54, 1.807) is 0 Å². The number of hydrogen-bond donors (Lipinski definition) is 0. The van der Waals surface area contributed by atoms with Crippen molar-refractivity contribution in [1.82, 2.24) is 4.98 Å². The third-order valence-corrected chi connectivity index (χ3v) is 4.48. The van der Waals surface area contributed by atoms with Gasteiger partial charge >= 0.3 is 0 Å². The van der Waals surface area contributed by atoms with Crippen molar-refractivity contribution >= 4 is 21.7 Å². The van der Waals surface area contributed by atoms with Gasteiger partial charge < -0.3 is 4.90 Å². The summed E-state index contributed by atoms with van der Waals surface area (Å²) < 4.78 is 0. The SMILES string of the molecule is CCCC1CCCN(c2ccc(CBr)cn2)CC1. The van der Waals surface area contributed by atoms with Gasteiger partial charge in [-0.2, -0.15) is 0 Å². The molecule has 0 spiro atoms. The lowest BCUT2D eigenvalue weighted by Gasteiger charge is -2.21. The lowest BCUT2D eigenvalue weighted by molar-refractivity contribution is 0.435. The van der Waals surface area contributed by atoms with Crippen molar-refractivity contribution in [2.45, 2.75) is 44.4 Å². The van der Waals surface area contributed by atoms with E-state index in [0.717, 1.165) is 17.1 Å². The minimum Gasteiger partial charge on any atom is -0.357 e. The van der Waals surface area contributed by atoms with E-state index < -0.39 is 0 Å². The summed E-state index contributed by atoms with van der Waals surface area (Å²) in [7, 11) is 0. The number of pyridine rings is 1. The largest absolute Gasteiger partial charge is 0.357 e. The summed E-state index contributed by atoms with van der Waals surface area (Å²) >= 11 is 3.46. The molecule has 1 atom stereocenters. The molecule has 1 saturated heterocycles. The van der Waals surface area contributed by atoms with Gasteiger partial charge in [0.1, 0.15) is 5.82 Å². The van der Waals surface area contributed by atoms with Crippen molar-refractivity contribution in [2.24, 2.45) is 5.92 Å². The van der Waals surface area contributed by atoms with Gasteiger partial charge in [0, 0.05) is 24.6 Å². The Kier molecular flexibility index (Phi) is 5.48. The molecule has 0 saturated carbocycles. The van der Waals surface area contributed by atoms with Crippen LogP contribution in [0.4, 0.5) is 5.82 Å². The summed E-state index contributed by atoms with van der Waals surface area (Å²) in [5.41, 5.74) is 1.25. The van der Waals surface area contributed by atoms with Gasteiger partial charge in [-0.15, -0.1) is 0 Å². The molecule has 100 valence electrons. The highest BCUT2D eigenvalue weighted by Gasteiger charge is 2.17. The summed E-state index contributed by atoms with van der Waals surface area (Å²) in [4.78, 5) is 7.03. The van der Waals surface area contributed by atoms with Gasteiger partial charge in [0.2, 0.25) is 0 Å². The molecule has 0 radical (unpaired) electrons. The van der Waals surface area contributed by atoms with Crippen LogP contribution in [0.2, 0.25) is 0 Å². The Morgan fingerprint density at radius 3 is 2.89 bits per heavy atom. The zero-order valence-electron chi connectivity index (χ0n) is 11.2. The Hall–Kier alpha value is -0.570. The predicted octanol–water partition coefficient (Wildman–Crippen LogP) is 4.38. The fourth-order valence-corrected chi connectivity index (χ4v) is 3.11. The molecule has 2 heterocycles. The molecule has 0 aliphatic carbocycles.